The van der Waals surface area contributed by atoms with Gasteiger partial charge >= 0.3 is 5.97 Å². The van der Waals surface area contributed by atoms with Crippen molar-refractivity contribution in [2.45, 2.75) is 278 Å². The topological polar surface area (TPSA) is 76.2 Å². The molecular weight excluding hydrogens is 765 g/mol. The molecule has 8 heteroatoms. The maximum atomic E-state index is 12.6. The van der Waals surface area contributed by atoms with Crippen LogP contribution in [0.4, 0.5) is 0 Å². The molecule has 0 amide bonds. The van der Waals surface area contributed by atoms with Crippen LogP contribution in [-0.4, -0.2) is 75.3 Å². The van der Waals surface area contributed by atoms with Crippen LogP contribution in [0.15, 0.2) is 11.8 Å². The molecule has 7 nitrogen and oxygen atoms in total. The number of rotatable bonds is 47. The highest BCUT2D eigenvalue weighted by molar-refractivity contribution is 7.88. The zero-order valence-corrected chi connectivity index (χ0v) is 42.2. The maximum absolute atomic E-state index is 12.6. The van der Waals surface area contributed by atoms with Gasteiger partial charge in [-0.2, -0.15) is 0 Å². The smallest absolute Gasteiger partial charge is 0.306 e. The lowest BCUT2D eigenvalue weighted by molar-refractivity contribution is -0.150. The molecule has 0 aromatic rings. The molecule has 0 aliphatic heterocycles. The fourth-order valence-electron chi connectivity index (χ4n) is 8.35. The standard InChI is InChI=1S/C52H104N2O5S/c1-8-13-16-19-24-32-41-50(39-11-4)59-52(55)44-35-28-23-30-37-47-54(48-38-45-53(6)60(7,56)57)46-36-29-22-27-31-40-49(12-5)58-51(42-33-25-20-17-14-9-2)43-34-26-21-18-15-10-3/h12,50-51H,8-11,13-48H2,1-7H3/b49-12-. The first-order valence-electron chi connectivity index (χ1n) is 26.3. The van der Waals surface area contributed by atoms with Gasteiger partial charge in [-0.3, -0.25) is 4.79 Å². The van der Waals surface area contributed by atoms with Crippen molar-refractivity contribution in [1.29, 1.82) is 0 Å². The summed E-state index contributed by atoms with van der Waals surface area (Å²) >= 11 is 0. The van der Waals surface area contributed by atoms with Gasteiger partial charge in [-0.15, -0.1) is 0 Å². The van der Waals surface area contributed by atoms with Gasteiger partial charge in [-0.1, -0.05) is 169 Å². The molecule has 0 aromatic heterocycles. The van der Waals surface area contributed by atoms with E-state index in [1.54, 1.807) is 7.05 Å². The van der Waals surface area contributed by atoms with Crippen LogP contribution in [0, 0.1) is 0 Å². The monoisotopic (exact) mass is 869 g/mol. The predicted molar refractivity (Wildman–Crippen MR) is 261 cm³/mol. The van der Waals surface area contributed by atoms with E-state index < -0.39 is 10.0 Å². The summed E-state index contributed by atoms with van der Waals surface area (Å²) in [7, 11) is -1.46. The summed E-state index contributed by atoms with van der Waals surface area (Å²) in [6.07, 6.45) is 47.2. The molecule has 0 aliphatic rings. The maximum Gasteiger partial charge on any atom is 0.306 e. The zero-order chi connectivity index (χ0) is 44.4. The fourth-order valence-corrected chi connectivity index (χ4v) is 8.81. The molecule has 0 saturated carbocycles. The molecule has 0 rings (SSSR count). The van der Waals surface area contributed by atoms with E-state index >= 15 is 0 Å². The molecule has 0 N–H and O–H groups in total. The van der Waals surface area contributed by atoms with Gasteiger partial charge in [0.05, 0.1) is 18.1 Å². The highest BCUT2D eigenvalue weighted by Gasteiger charge is 2.15. The molecular formula is C52H104N2O5S. The van der Waals surface area contributed by atoms with Gasteiger partial charge in [0.15, 0.2) is 0 Å². The first-order chi connectivity index (χ1) is 29.1. The van der Waals surface area contributed by atoms with Gasteiger partial charge in [0.1, 0.15) is 6.10 Å². The number of nitrogens with zero attached hydrogens (tertiary/aromatic N) is 2. The van der Waals surface area contributed by atoms with Crippen LogP contribution in [0.1, 0.15) is 266 Å². The number of carbonyl (C=O) groups excluding carboxylic acids is 1. The molecule has 0 spiro atoms. The van der Waals surface area contributed by atoms with Gasteiger partial charge in [0.2, 0.25) is 10.0 Å². The second-order valence-corrected chi connectivity index (χ2v) is 20.5. The van der Waals surface area contributed by atoms with Gasteiger partial charge < -0.3 is 14.4 Å². The molecule has 358 valence electrons. The second kappa shape index (κ2) is 43.1. The largest absolute Gasteiger partial charge is 0.495 e. The molecule has 0 saturated heterocycles. The van der Waals surface area contributed by atoms with Crippen LogP contribution in [0.2, 0.25) is 0 Å². The Morgan fingerprint density at radius 3 is 1.28 bits per heavy atom. The minimum Gasteiger partial charge on any atom is -0.495 e. The molecule has 1 unspecified atom stereocenters. The highest BCUT2D eigenvalue weighted by Crippen LogP contribution is 2.22. The fraction of sp³-hybridized carbons (Fsp3) is 0.942. The number of hydrogen-bond donors (Lipinski definition) is 0. The molecule has 0 bridgehead atoms. The molecule has 0 aliphatic carbocycles. The Morgan fingerprint density at radius 2 is 0.850 bits per heavy atom. The zero-order valence-electron chi connectivity index (χ0n) is 41.4. The normalized spacial score (nSPS) is 12.9. The number of ether oxygens (including phenoxy) is 2. The number of hydrogen-bond acceptors (Lipinski definition) is 6. The van der Waals surface area contributed by atoms with Crippen LogP contribution in [0.3, 0.4) is 0 Å². The molecule has 0 heterocycles. The van der Waals surface area contributed by atoms with Crippen molar-refractivity contribution < 1.29 is 22.7 Å². The van der Waals surface area contributed by atoms with Crippen molar-refractivity contribution in [3.05, 3.63) is 11.8 Å². The lowest BCUT2D eigenvalue weighted by Gasteiger charge is -2.24. The number of esters is 1. The first kappa shape index (κ1) is 58.9. The van der Waals surface area contributed by atoms with Crippen LogP contribution in [0.5, 0.6) is 0 Å². The van der Waals surface area contributed by atoms with Crippen molar-refractivity contribution in [2.75, 3.05) is 39.5 Å². The van der Waals surface area contributed by atoms with Crippen molar-refractivity contribution in [1.82, 2.24) is 9.21 Å². The van der Waals surface area contributed by atoms with E-state index in [0.717, 1.165) is 77.4 Å². The van der Waals surface area contributed by atoms with E-state index in [4.69, 9.17) is 9.47 Å². The Labute approximate surface area is 375 Å². The quantitative estimate of drug-likeness (QED) is 0.0344. The summed E-state index contributed by atoms with van der Waals surface area (Å²) in [5.41, 5.74) is 0. The molecule has 60 heavy (non-hydrogen) atoms. The van der Waals surface area contributed by atoms with Crippen molar-refractivity contribution >= 4 is 16.0 Å². The van der Waals surface area contributed by atoms with E-state index in [0.29, 0.717) is 19.1 Å². The van der Waals surface area contributed by atoms with E-state index in [1.165, 1.54) is 183 Å². The van der Waals surface area contributed by atoms with Crippen LogP contribution < -0.4 is 0 Å². The Bertz CT molecular complexity index is 1050. The molecule has 1 atom stereocenters. The summed E-state index contributed by atoms with van der Waals surface area (Å²) in [6, 6.07) is 0. The Balaban J connectivity index is 4.62. The third kappa shape index (κ3) is 38.5. The molecule has 0 radical (unpaired) electrons. The average molecular weight is 869 g/mol. The highest BCUT2D eigenvalue weighted by atomic mass is 32.2. The van der Waals surface area contributed by atoms with Crippen LogP contribution in [-0.2, 0) is 24.3 Å². The van der Waals surface area contributed by atoms with E-state index in [2.05, 4.69) is 45.6 Å². The lowest BCUT2D eigenvalue weighted by Crippen LogP contribution is -2.32. The third-order valence-electron chi connectivity index (χ3n) is 12.5. The minimum atomic E-state index is -3.15. The summed E-state index contributed by atoms with van der Waals surface area (Å²) in [5, 5.41) is 0. The van der Waals surface area contributed by atoms with E-state index in [1.807, 2.05) is 0 Å². The van der Waals surface area contributed by atoms with Gasteiger partial charge in [-0.05, 0) is 110 Å². The van der Waals surface area contributed by atoms with Crippen molar-refractivity contribution in [3.63, 3.8) is 0 Å². The van der Waals surface area contributed by atoms with Crippen molar-refractivity contribution in [2.24, 2.45) is 0 Å². The van der Waals surface area contributed by atoms with Gasteiger partial charge in [0.25, 0.3) is 0 Å². The number of unbranched alkanes of at least 4 members (excludes halogenated alkanes) is 23. The number of sulfonamides is 1. The summed E-state index contributed by atoms with van der Waals surface area (Å²) < 4.78 is 38.0. The number of allylic oxidation sites excluding steroid dienone is 2. The minimum absolute atomic E-state index is 0.00786. The van der Waals surface area contributed by atoms with Crippen molar-refractivity contribution in [3.8, 4) is 0 Å². The lowest BCUT2D eigenvalue weighted by atomic mass is 10.0. The third-order valence-corrected chi connectivity index (χ3v) is 13.8. The van der Waals surface area contributed by atoms with E-state index in [9.17, 15) is 13.2 Å². The van der Waals surface area contributed by atoms with Crippen LogP contribution >= 0.6 is 0 Å². The Morgan fingerprint density at radius 1 is 0.467 bits per heavy atom. The Hall–Kier alpha value is -1.12. The van der Waals surface area contributed by atoms with Gasteiger partial charge in [-0.25, -0.2) is 12.7 Å². The predicted octanol–water partition coefficient (Wildman–Crippen LogP) is 15.5. The Kier molecular flexibility index (Phi) is 42.3. The van der Waals surface area contributed by atoms with E-state index in [-0.39, 0.29) is 12.1 Å². The second-order valence-electron chi connectivity index (χ2n) is 18.4. The average Bonchev–Trinajstić information content (AvgIpc) is 3.22. The summed E-state index contributed by atoms with van der Waals surface area (Å²) in [4.78, 5) is 15.2. The summed E-state index contributed by atoms with van der Waals surface area (Å²) in [6.45, 7) is 14.8. The van der Waals surface area contributed by atoms with Crippen LogP contribution in [0.25, 0.3) is 0 Å². The SMILES string of the molecule is C/C=C(/CCCCCCCN(CCCCCCCC(=O)OC(CCC)CCCCCCCC)CCCN(C)S(C)(=O)=O)OC(CCCCCCCC)CCCCCCCC. The number of carbonyl (C=O) groups is 1. The molecule has 0 aromatic carbocycles. The summed E-state index contributed by atoms with van der Waals surface area (Å²) in [5.74, 6) is 1.20. The molecule has 0 fully saturated rings. The first-order valence-corrected chi connectivity index (χ1v) is 28.1. The van der Waals surface area contributed by atoms with Gasteiger partial charge in [0, 0.05) is 26.4 Å².